The molecule has 100 valence electrons. The van der Waals surface area contributed by atoms with E-state index >= 15 is 0 Å². The molecule has 2 aliphatic rings. The summed E-state index contributed by atoms with van der Waals surface area (Å²) >= 11 is 0. The molecule has 1 aromatic heterocycles. The summed E-state index contributed by atoms with van der Waals surface area (Å²) in [6.07, 6.45) is 3.99. The molecule has 4 heteroatoms. The highest BCUT2D eigenvalue weighted by Crippen LogP contribution is 2.37. The number of hydrogen-bond acceptors (Lipinski definition) is 4. The highest BCUT2D eigenvalue weighted by molar-refractivity contribution is 5.91. The second kappa shape index (κ2) is 4.38. The van der Waals surface area contributed by atoms with Gasteiger partial charge in [-0.3, -0.25) is 0 Å². The van der Waals surface area contributed by atoms with Crippen LogP contribution in [0.4, 0.5) is 0 Å². The number of aryl methyl sites for hydroxylation is 1. The molecule has 0 saturated heterocycles. The van der Waals surface area contributed by atoms with Crippen LogP contribution in [0.2, 0.25) is 0 Å². The number of rotatable bonds is 0. The van der Waals surface area contributed by atoms with E-state index in [0.717, 1.165) is 16.9 Å². The lowest BCUT2D eigenvalue weighted by molar-refractivity contribution is -0.140. The highest BCUT2D eigenvalue weighted by Gasteiger charge is 2.32. The second-order valence-corrected chi connectivity index (χ2v) is 5.16. The number of carbonyl (C=O) groups is 1. The predicted octanol–water partition coefficient (Wildman–Crippen LogP) is 2.37. The first-order chi connectivity index (χ1) is 9.06. The number of furan rings is 1. The molecule has 1 N–H and O–H groups in total. The maximum atomic E-state index is 11.8. The zero-order valence-electron chi connectivity index (χ0n) is 10.8. The Morgan fingerprint density at radius 2 is 2.26 bits per heavy atom. The number of ether oxygens (including phenoxy) is 1. The van der Waals surface area contributed by atoms with Crippen LogP contribution in [0.3, 0.4) is 0 Å². The number of aliphatic hydroxyl groups is 1. The second-order valence-electron chi connectivity index (χ2n) is 5.16. The molecule has 1 aliphatic heterocycles. The fourth-order valence-electron chi connectivity index (χ4n) is 2.65. The molecule has 3 rings (SSSR count). The zero-order valence-corrected chi connectivity index (χ0v) is 10.8. The summed E-state index contributed by atoms with van der Waals surface area (Å²) < 4.78 is 10.9. The summed E-state index contributed by atoms with van der Waals surface area (Å²) in [5.74, 6) is 0.426. The lowest BCUT2D eigenvalue weighted by Crippen LogP contribution is -2.13. The summed E-state index contributed by atoms with van der Waals surface area (Å²) in [4.78, 5) is 11.8. The molecule has 4 nitrogen and oxygen atoms in total. The van der Waals surface area contributed by atoms with Gasteiger partial charge in [-0.1, -0.05) is 6.58 Å². The van der Waals surface area contributed by atoms with Crippen molar-refractivity contribution in [1.29, 1.82) is 0 Å². The summed E-state index contributed by atoms with van der Waals surface area (Å²) in [7, 11) is 0. The third-order valence-corrected chi connectivity index (χ3v) is 3.78. The molecule has 2 bridgehead atoms. The summed E-state index contributed by atoms with van der Waals surface area (Å²) in [6, 6.07) is 0. The molecule has 19 heavy (non-hydrogen) atoms. The molecule has 2 heterocycles. The van der Waals surface area contributed by atoms with E-state index in [1.165, 1.54) is 0 Å². The summed E-state index contributed by atoms with van der Waals surface area (Å²) in [5.41, 5.74) is 3.18. The van der Waals surface area contributed by atoms with Crippen LogP contribution in [0.25, 0.3) is 0 Å². The Morgan fingerprint density at radius 1 is 1.47 bits per heavy atom. The number of hydrogen-bond donors (Lipinski definition) is 1. The van der Waals surface area contributed by atoms with Crippen LogP contribution in [-0.4, -0.2) is 17.2 Å². The Bertz CT molecular complexity index is 579. The van der Waals surface area contributed by atoms with Crippen LogP contribution in [-0.2, 0) is 16.0 Å². The van der Waals surface area contributed by atoms with Crippen LogP contribution < -0.4 is 0 Å². The Labute approximate surface area is 111 Å². The van der Waals surface area contributed by atoms with E-state index in [4.69, 9.17) is 9.15 Å². The topological polar surface area (TPSA) is 59.7 Å². The summed E-state index contributed by atoms with van der Waals surface area (Å²) in [6.45, 7) is 5.84. The standard InChI is InChI=1S/C15H16O4/c1-8-5-12-14(9(2)7-18-12)13-6-10(15(17)19-13)3-4-11(8)16/h6-7,11,13,16H,1,3-5H2,2H3/t11-,13?/m1/s1. The van der Waals surface area contributed by atoms with Crippen molar-refractivity contribution in [2.45, 2.75) is 38.4 Å². The first-order valence-electron chi connectivity index (χ1n) is 6.40. The lowest BCUT2D eigenvalue weighted by Gasteiger charge is -2.15. The van der Waals surface area contributed by atoms with Crippen LogP contribution in [0, 0.1) is 6.92 Å². The predicted molar refractivity (Wildman–Crippen MR) is 68.4 cm³/mol. The van der Waals surface area contributed by atoms with Gasteiger partial charge < -0.3 is 14.3 Å². The average molecular weight is 260 g/mol. The minimum absolute atomic E-state index is 0.295. The monoisotopic (exact) mass is 260 g/mol. The molecule has 0 spiro atoms. The van der Waals surface area contributed by atoms with Gasteiger partial charge in [0, 0.05) is 17.6 Å². The average Bonchev–Trinajstić information content (AvgIpc) is 2.89. The maximum absolute atomic E-state index is 11.8. The van der Waals surface area contributed by atoms with Crippen molar-refractivity contribution in [1.82, 2.24) is 0 Å². The van der Waals surface area contributed by atoms with Gasteiger partial charge in [0.05, 0.1) is 12.4 Å². The maximum Gasteiger partial charge on any atom is 0.334 e. The molecule has 0 radical (unpaired) electrons. The molecule has 1 aliphatic carbocycles. The van der Waals surface area contributed by atoms with Gasteiger partial charge in [-0.25, -0.2) is 4.79 Å². The van der Waals surface area contributed by atoms with Crippen LogP contribution in [0.1, 0.15) is 35.8 Å². The van der Waals surface area contributed by atoms with E-state index in [1.807, 2.05) is 13.0 Å². The summed E-state index contributed by atoms with van der Waals surface area (Å²) in [5, 5.41) is 10.0. The van der Waals surface area contributed by atoms with E-state index in [1.54, 1.807) is 6.26 Å². The van der Waals surface area contributed by atoms with Gasteiger partial charge in [-0.15, -0.1) is 0 Å². The van der Waals surface area contributed by atoms with Crippen LogP contribution in [0.15, 0.2) is 34.5 Å². The molecule has 1 unspecified atom stereocenters. The van der Waals surface area contributed by atoms with E-state index < -0.39 is 6.10 Å². The SMILES string of the molecule is C=C1Cc2occ(C)c2C2C=C(CC[C@H]1O)C(=O)O2. The zero-order chi connectivity index (χ0) is 13.6. The third kappa shape index (κ3) is 2.02. The van der Waals surface area contributed by atoms with Crippen LogP contribution >= 0.6 is 0 Å². The number of fused-ring (bicyclic) bond motifs is 3. The highest BCUT2D eigenvalue weighted by atomic mass is 16.5. The smallest absolute Gasteiger partial charge is 0.334 e. The first-order valence-corrected chi connectivity index (χ1v) is 6.40. The largest absolute Gasteiger partial charge is 0.468 e. The number of carbonyl (C=O) groups excluding carboxylic acids is 1. The lowest BCUT2D eigenvalue weighted by atomic mass is 9.94. The van der Waals surface area contributed by atoms with E-state index in [0.29, 0.717) is 30.4 Å². The molecule has 0 amide bonds. The van der Waals surface area contributed by atoms with Crippen molar-refractivity contribution in [2.75, 3.05) is 0 Å². The fourth-order valence-corrected chi connectivity index (χ4v) is 2.65. The van der Waals surface area contributed by atoms with Crippen molar-refractivity contribution >= 4 is 5.97 Å². The molecule has 2 atom stereocenters. The molecule has 0 fully saturated rings. The molecule has 1 aromatic rings. The quantitative estimate of drug-likeness (QED) is 0.574. The van der Waals surface area contributed by atoms with Crippen LogP contribution in [0.5, 0.6) is 0 Å². The van der Waals surface area contributed by atoms with Crippen molar-refractivity contribution in [3.05, 3.63) is 47.0 Å². The molecular weight excluding hydrogens is 244 g/mol. The van der Waals surface area contributed by atoms with E-state index in [2.05, 4.69) is 6.58 Å². The minimum atomic E-state index is -0.621. The van der Waals surface area contributed by atoms with Gasteiger partial charge >= 0.3 is 5.97 Å². The Balaban J connectivity index is 2.07. The Hall–Kier alpha value is -1.81. The van der Waals surface area contributed by atoms with Crippen molar-refractivity contribution in [3.8, 4) is 0 Å². The van der Waals surface area contributed by atoms with Gasteiger partial charge in [0.1, 0.15) is 11.9 Å². The Morgan fingerprint density at radius 3 is 3.05 bits per heavy atom. The van der Waals surface area contributed by atoms with Crippen molar-refractivity contribution in [2.24, 2.45) is 0 Å². The van der Waals surface area contributed by atoms with Gasteiger partial charge in [0.15, 0.2) is 0 Å². The van der Waals surface area contributed by atoms with E-state index in [9.17, 15) is 9.90 Å². The molecule has 0 saturated carbocycles. The van der Waals surface area contributed by atoms with Gasteiger partial charge in [0.25, 0.3) is 0 Å². The first kappa shape index (κ1) is 12.2. The normalized spacial score (nSPS) is 26.7. The molecule has 0 aromatic carbocycles. The van der Waals surface area contributed by atoms with Gasteiger partial charge in [-0.05, 0) is 37.0 Å². The third-order valence-electron chi connectivity index (χ3n) is 3.78. The fraction of sp³-hybridized carbons (Fsp3) is 0.400. The number of esters is 1. The van der Waals surface area contributed by atoms with E-state index in [-0.39, 0.29) is 12.1 Å². The molecular formula is C15H16O4. The number of aliphatic hydroxyl groups excluding tert-OH is 1. The van der Waals surface area contributed by atoms with Gasteiger partial charge in [-0.2, -0.15) is 0 Å². The van der Waals surface area contributed by atoms with Gasteiger partial charge in [0.2, 0.25) is 0 Å². The van der Waals surface area contributed by atoms with Crippen molar-refractivity contribution < 1.29 is 19.1 Å². The minimum Gasteiger partial charge on any atom is -0.468 e. The van der Waals surface area contributed by atoms with Crippen molar-refractivity contribution in [3.63, 3.8) is 0 Å². The Kier molecular flexibility index (Phi) is 2.82.